The minimum absolute atomic E-state index is 0.852. The zero-order valence-corrected chi connectivity index (χ0v) is 10.4. The lowest BCUT2D eigenvalue weighted by molar-refractivity contribution is 0.582. The fourth-order valence-electron chi connectivity index (χ4n) is 1.82. The van der Waals surface area contributed by atoms with Gasteiger partial charge in [0.25, 0.3) is 0 Å². The van der Waals surface area contributed by atoms with Gasteiger partial charge in [0.1, 0.15) is 4.75 Å². The molecule has 1 unspecified atom stereocenters. The Morgan fingerprint density at radius 3 is 2.53 bits per heavy atom. The Balaban J connectivity index is 2.59. The summed E-state index contributed by atoms with van der Waals surface area (Å²) >= 11 is 0. The Morgan fingerprint density at radius 2 is 1.88 bits per heavy atom. The molecular weight excluding hydrogens is 234 g/mol. The molecule has 0 aliphatic heterocycles. The van der Waals surface area contributed by atoms with E-state index in [0.717, 1.165) is 17.6 Å². The van der Waals surface area contributed by atoms with Gasteiger partial charge in [0.05, 0.1) is 0 Å². The van der Waals surface area contributed by atoms with Crippen LogP contribution in [0, 0.1) is 0 Å². The molecule has 2 N–H and O–H groups in total. The van der Waals surface area contributed by atoms with Crippen molar-refractivity contribution in [2.45, 2.75) is 18.1 Å². The van der Waals surface area contributed by atoms with Crippen molar-refractivity contribution in [2.24, 2.45) is 5.14 Å². The van der Waals surface area contributed by atoms with Crippen LogP contribution < -0.4 is 5.14 Å². The smallest absolute Gasteiger partial charge is 0.221 e. The van der Waals surface area contributed by atoms with E-state index >= 15 is 0 Å². The molecule has 0 aromatic heterocycles. The largest absolute Gasteiger partial charge is 0.228 e. The summed E-state index contributed by atoms with van der Waals surface area (Å²) in [4.78, 5) is 0. The second-order valence-electron chi connectivity index (χ2n) is 4.35. The predicted octanol–water partition coefficient (Wildman–Crippen LogP) is 1.97. The molecule has 0 heterocycles. The molecular formula is C13H15NO2S. The van der Waals surface area contributed by atoms with Crippen LogP contribution >= 0.6 is 0 Å². The van der Waals surface area contributed by atoms with Gasteiger partial charge in [-0.05, 0) is 24.5 Å². The number of rotatable bonds is 1. The lowest BCUT2D eigenvalue weighted by atomic mass is 10.0. The van der Waals surface area contributed by atoms with Gasteiger partial charge < -0.3 is 0 Å². The fourth-order valence-corrected chi connectivity index (χ4v) is 2.38. The molecule has 2 aliphatic carbocycles. The minimum atomic E-state index is -3.67. The van der Waals surface area contributed by atoms with Gasteiger partial charge in [-0.25, -0.2) is 13.6 Å². The molecule has 1 atom stereocenters. The highest BCUT2D eigenvalue weighted by atomic mass is 32.2. The Hall–Kier alpha value is -1.39. The summed E-state index contributed by atoms with van der Waals surface area (Å²) in [5.74, 6) is 0. The van der Waals surface area contributed by atoms with Crippen molar-refractivity contribution in [2.75, 3.05) is 0 Å². The summed E-state index contributed by atoms with van der Waals surface area (Å²) in [5, 5.41) is 5.29. The van der Waals surface area contributed by atoms with Crippen molar-refractivity contribution in [3.63, 3.8) is 0 Å². The van der Waals surface area contributed by atoms with E-state index in [2.05, 4.69) is 0 Å². The highest BCUT2D eigenvalue weighted by Gasteiger charge is 2.32. The van der Waals surface area contributed by atoms with Gasteiger partial charge in [0, 0.05) is 0 Å². The number of hydrogen-bond donors (Lipinski definition) is 1. The van der Waals surface area contributed by atoms with Gasteiger partial charge in [-0.2, -0.15) is 0 Å². The maximum atomic E-state index is 11.6. The van der Waals surface area contributed by atoms with Gasteiger partial charge >= 0.3 is 0 Å². The first-order valence-electron chi connectivity index (χ1n) is 5.41. The van der Waals surface area contributed by atoms with Crippen LogP contribution in [0.1, 0.15) is 13.3 Å². The molecule has 3 nitrogen and oxygen atoms in total. The molecule has 90 valence electrons. The topological polar surface area (TPSA) is 60.2 Å². The summed E-state index contributed by atoms with van der Waals surface area (Å²) in [6.07, 6.45) is 15.8. The fraction of sp³-hybridized carbons (Fsp3) is 0.231. The first-order valence-corrected chi connectivity index (χ1v) is 6.95. The number of nitrogens with two attached hydrogens (primary N) is 1. The number of fused-ring (bicyclic) bond motifs is 1. The lowest BCUT2D eigenvalue weighted by Gasteiger charge is -2.19. The highest BCUT2D eigenvalue weighted by Crippen LogP contribution is 2.28. The minimum Gasteiger partial charge on any atom is -0.228 e. The summed E-state index contributed by atoms with van der Waals surface area (Å²) in [5.41, 5.74) is 1.89. The molecule has 0 amide bonds. The third-order valence-electron chi connectivity index (χ3n) is 2.96. The van der Waals surface area contributed by atoms with Gasteiger partial charge in [-0.1, -0.05) is 48.6 Å². The normalized spacial score (nSPS) is 27.9. The lowest BCUT2D eigenvalue weighted by Crippen LogP contribution is -2.37. The molecule has 0 radical (unpaired) electrons. The van der Waals surface area contributed by atoms with E-state index < -0.39 is 14.8 Å². The summed E-state index contributed by atoms with van der Waals surface area (Å²) in [6.45, 7) is 1.60. The van der Waals surface area contributed by atoms with E-state index in [9.17, 15) is 8.42 Å². The maximum Gasteiger partial charge on any atom is 0.221 e. The van der Waals surface area contributed by atoms with Crippen molar-refractivity contribution in [1.29, 1.82) is 0 Å². The molecule has 0 bridgehead atoms. The number of hydrogen-bond acceptors (Lipinski definition) is 2. The van der Waals surface area contributed by atoms with E-state index in [1.807, 2.05) is 30.4 Å². The molecule has 0 fully saturated rings. The third-order valence-corrected chi connectivity index (χ3v) is 4.44. The molecule has 0 spiro atoms. The zero-order valence-electron chi connectivity index (χ0n) is 9.63. The van der Waals surface area contributed by atoms with Crippen LogP contribution in [0.15, 0.2) is 59.8 Å². The Labute approximate surface area is 102 Å². The number of sulfonamides is 1. The Morgan fingerprint density at radius 1 is 1.24 bits per heavy atom. The molecule has 0 aromatic carbocycles. The van der Waals surface area contributed by atoms with Gasteiger partial charge in [0.15, 0.2) is 0 Å². The molecule has 0 aromatic rings. The van der Waals surface area contributed by atoms with Crippen LogP contribution in [-0.4, -0.2) is 13.2 Å². The monoisotopic (exact) mass is 249 g/mol. The van der Waals surface area contributed by atoms with E-state index in [4.69, 9.17) is 5.14 Å². The number of primary sulfonamides is 1. The second-order valence-corrected chi connectivity index (χ2v) is 6.32. The predicted molar refractivity (Wildman–Crippen MR) is 69.7 cm³/mol. The van der Waals surface area contributed by atoms with Crippen LogP contribution in [0.3, 0.4) is 0 Å². The summed E-state index contributed by atoms with van der Waals surface area (Å²) in [6, 6.07) is 0. The van der Waals surface area contributed by atoms with E-state index in [1.165, 1.54) is 0 Å². The molecule has 2 aliphatic rings. The number of allylic oxidation sites excluding steroid dienone is 8. The van der Waals surface area contributed by atoms with Gasteiger partial charge in [-0.15, -0.1) is 0 Å². The Kier molecular flexibility index (Phi) is 2.93. The average molecular weight is 249 g/mol. The zero-order chi connectivity index (χ0) is 12.5. The molecule has 2 rings (SSSR count). The maximum absolute atomic E-state index is 11.6. The standard InChI is InChI=1S/C13H15NO2S/c1-13(17(14,15)16)9-5-8-11-6-3-2-4-7-12(11)10-13/h3-10H,2H2,1H3,(H2,14,15,16). The van der Waals surface area contributed by atoms with Crippen LogP contribution in [0.5, 0.6) is 0 Å². The SMILES string of the molecule is CC1(S(N)(=O)=O)C=CC=C2C=CCC=CC2=C1. The third kappa shape index (κ3) is 2.33. The van der Waals surface area contributed by atoms with Crippen LogP contribution in [0.2, 0.25) is 0 Å². The first-order chi connectivity index (χ1) is 7.92. The van der Waals surface area contributed by atoms with Crippen molar-refractivity contribution in [3.8, 4) is 0 Å². The Bertz CT molecular complexity index is 577. The van der Waals surface area contributed by atoms with E-state index in [-0.39, 0.29) is 0 Å². The summed E-state index contributed by atoms with van der Waals surface area (Å²) < 4.78 is 22.1. The molecule has 4 heteroatoms. The van der Waals surface area contributed by atoms with Crippen molar-refractivity contribution < 1.29 is 8.42 Å². The summed E-state index contributed by atoms with van der Waals surface area (Å²) in [7, 11) is -3.67. The average Bonchev–Trinajstić information content (AvgIpc) is 2.49. The van der Waals surface area contributed by atoms with Crippen LogP contribution in [0.4, 0.5) is 0 Å². The molecule has 0 saturated heterocycles. The van der Waals surface area contributed by atoms with Crippen LogP contribution in [-0.2, 0) is 10.0 Å². The first kappa shape index (κ1) is 12.1. The molecule has 0 saturated carbocycles. The van der Waals surface area contributed by atoms with Crippen molar-refractivity contribution in [3.05, 3.63) is 59.8 Å². The van der Waals surface area contributed by atoms with E-state index in [0.29, 0.717) is 0 Å². The molecule has 17 heavy (non-hydrogen) atoms. The quantitative estimate of drug-likeness (QED) is 0.772. The van der Waals surface area contributed by atoms with Gasteiger partial charge in [-0.3, -0.25) is 0 Å². The van der Waals surface area contributed by atoms with Gasteiger partial charge in [0.2, 0.25) is 10.0 Å². The highest BCUT2D eigenvalue weighted by molar-refractivity contribution is 7.90. The van der Waals surface area contributed by atoms with Crippen molar-refractivity contribution in [1.82, 2.24) is 0 Å². The van der Waals surface area contributed by atoms with E-state index in [1.54, 1.807) is 25.2 Å². The second kappa shape index (κ2) is 4.13. The van der Waals surface area contributed by atoms with Crippen LogP contribution in [0.25, 0.3) is 0 Å². The van der Waals surface area contributed by atoms with Crippen molar-refractivity contribution >= 4 is 10.0 Å².